The zero-order valence-electron chi connectivity index (χ0n) is 10.7. The van der Waals surface area contributed by atoms with Gasteiger partial charge in [-0.15, -0.1) is 0 Å². The molecule has 5 heteroatoms. The van der Waals surface area contributed by atoms with Crippen LogP contribution in [0.2, 0.25) is 0 Å². The first-order valence-corrected chi connectivity index (χ1v) is 6.68. The van der Waals surface area contributed by atoms with Crippen molar-refractivity contribution in [2.75, 3.05) is 24.5 Å². The molecule has 2 saturated heterocycles. The lowest BCUT2D eigenvalue weighted by molar-refractivity contribution is -0.129. The van der Waals surface area contributed by atoms with Crippen LogP contribution in [0, 0.1) is 11.3 Å². The number of amides is 1. The molecule has 0 saturated carbocycles. The van der Waals surface area contributed by atoms with Crippen molar-refractivity contribution >= 4 is 11.6 Å². The maximum Gasteiger partial charge on any atom is 0.222 e. The molecule has 3 heterocycles. The fraction of sp³-hybridized carbons (Fsp3) is 0.500. The molecule has 3 rings (SSSR count). The Morgan fingerprint density at radius 3 is 3.05 bits per heavy atom. The number of carbonyl (C=O) groups is 1. The summed E-state index contributed by atoms with van der Waals surface area (Å²) in [5, 5.41) is 9.13. The van der Waals surface area contributed by atoms with E-state index < -0.39 is 0 Å². The van der Waals surface area contributed by atoms with E-state index in [-0.39, 0.29) is 5.91 Å². The Hall–Kier alpha value is -2.09. The molecule has 1 aromatic rings. The number of rotatable bonds is 2. The van der Waals surface area contributed by atoms with Gasteiger partial charge in [0.25, 0.3) is 0 Å². The summed E-state index contributed by atoms with van der Waals surface area (Å²) < 4.78 is 0. The van der Waals surface area contributed by atoms with Crippen molar-refractivity contribution in [1.29, 1.82) is 5.26 Å². The molecule has 0 radical (unpaired) electrons. The predicted octanol–water partition coefficient (Wildman–Crippen LogP) is 1.15. The summed E-state index contributed by atoms with van der Waals surface area (Å²) >= 11 is 0. The number of likely N-dealkylation sites (tertiary alicyclic amines) is 1. The van der Waals surface area contributed by atoms with Crippen LogP contribution in [-0.4, -0.2) is 41.5 Å². The van der Waals surface area contributed by atoms with E-state index >= 15 is 0 Å². The first kappa shape index (κ1) is 12.0. The van der Waals surface area contributed by atoms with E-state index in [0.717, 1.165) is 38.2 Å². The molecule has 98 valence electrons. The highest BCUT2D eigenvalue weighted by Crippen LogP contribution is 2.27. The van der Waals surface area contributed by atoms with Crippen LogP contribution >= 0.6 is 0 Å². The maximum absolute atomic E-state index is 11.8. The van der Waals surface area contributed by atoms with Crippen LogP contribution in [0.1, 0.15) is 24.8 Å². The van der Waals surface area contributed by atoms with Crippen molar-refractivity contribution < 1.29 is 4.79 Å². The van der Waals surface area contributed by atoms with Gasteiger partial charge in [0, 0.05) is 32.3 Å². The predicted molar refractivity (Wildman–Crippen MR) is 70.5 cm³/mol. The first-order chi connectivity index (χ1) is 9.29. The SMILES string of the molecule is N#Cc1ccncc1N1CCC(N2CCCC2=O)C1. The fourth-order valence-corrected chi connectivity index (χ4v) is 3.00. The van der Waals surface area contributed by atoms with E-state index in [0.29, 0.717) is 18.0 Å². The molecule has 19 heavy (non-hydrogen) atoms. The number of anilines is 1. The van der Waals surface area contributed by atoms with Gasteiger partial charge in [-0.2, -0.15) is 5.26 Å². The molecule has 0 N–H and O–H groups in total. The molecular formula is C14H16N4O. The van der Waals surface area contributed by atoms with Gasteiger partial charge in [0.2, 0.25) is 5.91 Å². The second-order valence-corrected chi connectivity index (χ2v) is 5.08. The van der Waals surface area contributed by atoms with E-state index in [9.17, 15) is 4.79 Å². The summed E-state index contributed by atoms with van der Waals surface area (Å²) in [6.45, 7) is 2.58. The zero-order valence-corrected chi connectivity index (χ0v) is 10.7. The Morgan fingerprint density at radius 1 is 1.42 bits per heavy atom. The van der Waals surface area contributed by atoms with Gasteiger partial charge in [-0.25, -0.2) is 0 Å². The standard InChI is InChI=1S/C14H16N4O/c15-8-11-3-5-16-9-13(11)17-7-4-12(10-17)18-6-1-2-14(18)19/h3,5,9,12H,1-2,4,6-7,10H2. The molecule has 1 aromatic heterocycles. The minimum atomic E-state index is 0.276. The molecule has 0 bridgehead atoms. The van der Waals surface area contributed by atoms with Gasteiger partial charge in [-0.1, -0.05) is 0 Å². The summed E-state index contributed by atoms with van der Waals surface area (Å²) in [4.78, 5) is 20.0. The molecule has 5 nitrogen and oxygen atoms in total. The molecule has 0 aliphatic carbocycles. The number of nitriles is 1. The zero-order chi connectivity index (χ0) is 13.2. The summed E-state index contributed by atoms with van der Waals surface area (Å²) in [7, 11) is 0. The Kier molecular flexibility index (Phi) is 3.08. The van der Waals surface area contributed by atoms with Crippen molar-refractivity contribution in [3.8, 4) is 6.07 Å². The topological polar surface area (TPSA) is 60.2 Å². The normalized spacial score (nSPS) is 22.9. The number of nitrogens with zero attached hydrogens (tertiary/aromatic N) is 4. The van der Waals surface area contributed by atoms with Gasteiger partial charge in [0.15, 0.2) is 0 Å². The fourth-order valence-electron chi connectivity index (χ4n) is 3.00. The highest BCUT2D eigenvalue weighted by molar-refractivity contribution is 5.78. The van der Waals surface area contributed by atoms with Crippen molar-refractivity contribution in [2.45, 2.75) is 25.3 Å². The first-order valence-electron chi connectivity index (χ1n) is 6.68. The highest BCUT2D eigenvalue weighted by atomic mass is 16.2. The monoisotopic (exact) mass is 256 g/mol. The molecule has 1 amide bonds. The third-order valence-corrected chi connectivity index (χ3v) is 3.98. The Morgan fingerprint density at radius 2 is 2.32 bits per heavy atom. The molecule has 0 spiro atoms. The third kappa shape index (κ3) is 2.14. The van der Waals surface area contributed by atoms with E-state index in [4.69, 9.17) is 5.26 Å². The molecule has 2 aliphatic rings. The summed E-state index contributed by atoms with van der Waals surface area (Å²) in [6.07, 6.45) is 6.02. The van der Waals surface area contributed by atoms with Gasteiger partial charge in [-0.3, -0.25) is 9.78 Å². The maximum atomic E-state index is 11.8. The van der Waals surface area contributed by atoms with Gasteiger partial charge in [-0.05, 0) is 18.9 Å². The van der Waals surface area contributed by atoms with Crippen LogP contribution in [0.3, 0.4) is 0 Å². The average molecular weight is 256 g/mol. The third-order valence-electron chi connectivity index (χ3n) is 3.98. The molecule has 0 aromatic carbocycles. The lowest BCUT2D eigenvalue weighted by Crippen LogP contribution is -2.38. The highest BCUT2D eigenvalue weighted by Gasteiger charge is 2.33. The van der Waals surface area contributed by atoms with Crippen LogP contribution in [0.5, 0.6) is 0 Å². The Balaban J connectivity index is 1.75. The number of carbonyl (C=O) groups excluding carboxylic acids is 1. The van der Waals surface area contributed by atoms with Crippen LogP contribution in [-0.2, 0) is 4.79 Å². The Labute approximate surface area is 112 Å². The van der Waals surface area contributed by atoms with Crippen LogP contribution in [0.15, 0.2) is 18.5 Å². The molecular weight excluding hydrogens is 240 g/mol. The van der Waals surface area contributed by atoms with Crippen LogP contribution < -0.4 is 4.90 Å². The quantitative estimate of drug-likeness (QED) is 0.796. The van der Waals surface area contributed by atoms with Crippen LogP contribution in [0.4, 0.5) is 5.69 Å². The van der Waals surface area contributed by atoms with Crippen molar-refractivity contribution in [3.63, 3.8) is 0 Å². The number of hydrogen-bond acceptors (Lipinski definition) is 4. The van der Waals surface area contributed by atoms with E-state index in [1.54, 1.807) is 18.5 Å². The van der Waals surface area contributed by atoms with Gasteiger partial charge >= 0.3 is 0 Å². The second kappa shape index (κ2) is 4.88. The molecule has 2 fully saturated rings. The van der Waals surface area contributed by atoms with Gasteiger partial charge < -0.3 is 9.80 Å². The minimum absolute atomic E-state index is 0.276. The number of pyridine rings is 1. The van der Waals surface area contributed by atoms with Gasteiger partial charge in [0.05, 0.1) is 23.5 Å². The molecule has 1 atom stereocenters. The number of aromatic nitrogens is 1. The lowest BCUT2D eigenvalue weighted by atomic mass is 10.2. The lowest BCUT2D eigenvalue weighted by Gasteiger charge is -2.25. The summed E-state index contributed by atoms with van der Waals surface area (Å²) in [6, 6.07) is 4.24. The van der Waals surface area contributed by atoms with E-state index in [1.165, 1.54) is 0 Å². The largest absolute Gasteiger partial charge is 0.367 e. The second-order valence-electron chi connectivity index (χ2n) is 5.08. The molecule has 2 aliphatic heterocycles. The van der Waals surface area contributed by atoms with E-state index in [2.05, 4.69) is 16.0 Å². The van der Waals surface area contributed by atoms with Crippen molar-refractivity contribution in [2.24, 2.45) is 0 Å². The van der Waals surface area contributed by atoms with Gasteiger partial charge in [0.1, 0.15) is 6.07 Å². The molecule has 1 unspecified atom stereocenters. The smallest absolute Gasteiger partial charge is 0.222 e. The minimum Gasteiger partial charge on any atom is -0.367 e. The summed E-state index contributed by atoms with van der Waals surface area (Å²) in [5.74, 6) is 0.276. The number of hydrogen-bond donors (Lipinski definition) is 0. The Bertz CT molecular complexity index is 536. The van der Waals surface area contributed by atoms with Crippen molar-refractivity contribution in [3.05, 3.63) is 24.0 Å². The average Bonchev–Trinajstić information content (AvgIpc) is 3.07. The van der Waals surface area contributed by atoms with Crippen molar-refractivity contribution in [1.82, 2.24) is 9.88 Å². The van der Waals surface area contributed by atoms with Crippen LogP contribution in [0.25, 0.3) is 0 Å². The summed E-state index contributed by atoms with van der Waals surface area (Å²) in [5.41, 5.74) is 1.54. The van der Waals surface area contributed by atoms with E-state index in [1.807, 2.05) is 4.90 Å².